The fourth-order valence-corrected chi connectivity index (χ4v) is 5.92. The highest BCUT2D eigenvalue weighted by Crippen LogP contribution is 2.46. The number of nitrogens with zero attached hydrogens (tertiary/aromatic N) is 4. The molecule has 29 heavy (non-hydrogen) atoms. The quantitative estimate of drug-likeness (QED) is 0.468. The first kappa shape index (κ1) is 22.3. The molecule has 2 heterocycles. The summed E-state index contributed by atoms with van der Waals surface area (Å²) in [6, 6.07) is -0.0701. The van der Waals surface area contributed by atoms with Gasteiger partial charge in [0.15, 0.2) is 5.96 Å². The Bertz CT molecular complexity index is 706. The lowest BCUT2D eigenvalue weighted by molar-refractivity contribution is -0.135. The van der Waals surface area contributed by atoms with E-state index in [0.29, 0.717) is 6.54 Å². The Morgan fingerprint density at radius 2 is 1.69 bits per heavy atom. The standard InChI is InChI=1S/C20H37N5O3S/c1-4-21-19(22-15-20(7-8-20)16-29(3,27)28)25-13-11-23(12-14-25)17(2)18(26)24-9-5-6-10-24/h17H,4-16H2,1-3H3,(H,21,22). The normalized spacial score (nSPS) is 23.9. The van der Waals surface area contributed by atoms with E-state index in [1.165, 1.54) is 6.26 Å². The van der Waals surface area contributed by atoms with Gasteiger partial charge in [0.2, 0.25) is 5.91 Å². The Balaban J connectivity index is 1.54. The molecule has 8 nitrogen and oxygen atoms in total. The van der Waals surface area contributed by atoms with Crippen LogP contribution >= 0.6 is 0 Å². The average Bonchev–Trinajstić information content (AvgIpc) is 3.20. The highest BCUT2D eigenvalue weighted by Gasteiger charge is 2.45. The van der Waals surface area contributed by atoms with E-state index in [1.807, 2.05) is 18.7 Å². The van der Waals surface area contributed by atoms with Crippen molar-refractivity contribution in [2.24, 2.45) is 10.4 Å². The van der Waals surface area contributed by atoms with Crippen LogP contribution in [0.5, 0.6) is 0 Å². The summed E-state index contributed by atoms with van der Waals surface area (Å²) < 4.78 is 23.4. The monoisotopic (exact) mass is 427 g/mol. The molecule has 1 amide bonds. The first-order valence-corrected chi connectivity index (χ1v) is 13.0. The highest BCUT2D eigenvalue weighted by molar-refractivity contribution is 7.90. The molecule has 0 aromatic carbocycles. The van der Waals surface area contributed by atoms with E-state index in [2.05, 4.69) is 15.1 Å². The number of sulfone groups is 1. The topological polar surface area (TPSA) is 85.3 Å². The number of piperazine rings is 1. The molecular weight excluding hydrogens is 390 g/mol. The first-order valence-electron chi connectivity index (χ1n) is 11.0. The number of guanidine groups is 1. The van der Waals surface area contributed by atoms with Crippen LogP contribution in [0.1, 0.15) is 39.5 Å². The van der Waals surface area contributed by atoms with Gasteiger partial charge in [-0.2, -0.15) is 0 Å². The maximum atomic E-state index is 12.7. The Hall–Kier alpha value is -1.35. The minimum atomic E-state index is -2.98. The molecule has 1 saturated carbocycles. The molecule has 0 bridgehead atoms. The largest absolute Gasteiger partial charge is 0.357 e. The fraction of sp³-hybridized carbons (Fsp3) is 0.900. The number of nitrogens with one attached hydrogen (secondary N) is 1. The van der Waals surface area contributed by atoms with Crippen LogP contribution in [0.2, 0.25) is 0 Å². The SMILES string of the molecule is CCNC(=NCC1(CS(C)(=O)=O)CC1)N1CCN(C(C)C(=O)N2CCCC2)CC1. The summed E-state index contributed by atoms with van der Waals surface area (Å²) >= 11 is 0. The number of likely N-dealkylation sites (tertiary alicyclic amines) is 1. The van der Waals surface area contributed by atoms with Crippen molar-refractivity contribution in [1.82, 2.24) is 20.0 Å². The van der Waals surface area contributed by atoms with E-state index in [1.54, 1.807) is 0 Å². The zero-order valence-electron chi connectivity index (χ0n) is 18.2. The summed E-state index contributed by atoms with van der Waals surface area (Å²) in [7, 11) is -2.98. The minimum Gasteiger partial charge on any atom is -0.357 e. The lowest BCUT2D eigenvalue weighted by atomic mass is 10.1. The maximum absolute atomic E-state index is 12.7. The van der Waals surface area contributed by atoms with E-state index in [4.69, 9.17) is 4.99 Å². The zero-order chi connectivity index (χ0) is 21.1. The van der Waals surface area contributed by atoms with Crippen molar-refractivity contribution in [1.29, 1.82) is 0 Å². The van der Waals surface area contributed by atoms with Gasteiger partial charge in [-0.05, 0) is 39.5 Å². The van der Waals surface area contributed by atoms with E-state index in [-0.39, 0.29) is 23.1 Å². The van der Waals surface area contributed by atoms with Crippen LogP contribution in [0.3, 0.4) is 0 Å². The molecule has 1 atom stereocenters. The molecular formula is C20H37N5O3S. The summed E-state index contributed by atoms with van der Waals surface area (Å²) in [6.45, 7) is 10.5. The Labute approximate surface area is 175 Å². The van der Waals surface area contributed by atoms with Gasteiger partial charge in [-0.25, -0.2) is 8.42 Å². The Morgan fingerprint density at radius 3 is 2.21 bits per heavy atom. The number of hydrogen-bond donors (Lipinski definition) is 1. The summed E-state index contributed by atoms with van der Waals surface area (Å²) in [5.41, 5.74) is -0.160. The van der Waals surface area contributed by atoms with Gasteiger partial charge < -0.3 is 15.1 Å². The lowest BCUT2D eigenvalue weighted by Gasteiger charge is -2.39. The molecule has 9 heteroatoms. The predicted octanol–water partition coefficient (Wildman–Crippen LogP) is 0.405. The average molecular weight is 428 g/mol. The van der Waals surface area contributed by atoms with Crippen molar-refractivity contribution in [3.8, 4) is 0 Å². The molecule has 0 spiro atoms. The minimum absolute atomic E-state index is 0.0701. The van der Waals surface area contributed by atoms with E-state index < -0.39 is 9.84 Å². The van der Waals surface area contributed by atoms with Gasteiger partial charge >= 0.3 is 0 Å². The maximum Gasteiger partial charge on any atom is 0.239 e. The molecule has 3 fully saturated rings. The van der Waals surface area contributed by atoms with Gasteiger partial charge in [-0.1, -0.05) is 0 Å². The summed E-state index contributed by atoms with van der Waals surface area (Å²) in [4.78, 5) is 24.0. The van der Waals surface area contributed by atoms with Crippen molar-refractivity contribution in [3.63, 3.8) is 0 Å². The van der Waals surface area contributed by atoms with Crippen molar-refractivity contribution < 1.29 is 13.2 Å². The van der Waals surface area contributed by atoms with Gasteiger partial charge in [-0.15, -0.1) is 0 Å². The van der Waals surface area contributed by atoms with Crippen molar-refractivity contribution >= 4 is 21.7 Å². The number of aliphatic imine (C=N–C) groups is 1. The Kier molecular flexibility index (Phi) is 7.09. The van der Waals surface area contributed by atoms with Crippen LogP contribution in [-0.2, 0) is 14.6 Å². The highest BCUT2D eigenvalue weighted by atomic mass is 32.2. The summed E-state index contributed by atoms with van der Waals surface area (Å²) in [5.74, 6) is 1.35. The van der Waals surface area contributed by atoms with Crippen LogP contribution in [0.25, 0.3) is 0 Å². The third kappa shape index (κ3) is 6.07. The fourth-order valence-electron chi connectivity index (χ4n) is 4.43. The van der Waals surface area contributed by atoms with Crippen LogP contribution in [0.4, 0.5) is 0 Å². The number of hydrogen-bond acceptors (Lipinski definition) is 5. The number of carbonyl (C=O) groups is 1. The molecule has 166 valence electrons. The molecule has 2 aliphatic heterocycles. The number of carbonyl (C=O) groups excluding carboxylic acids is 1. The van der Waals surface area contributed by atoms with Gasteiger partial charge in [0, 0.05) is 64.0 Å². The smallest absolute Gasteiger partial charge is 0.239 e. The van der Waals surface area contributed by atoms with E-state index in [9.17, 15) is 13.2 Å². The van der Waals surface area contributed by atoms with Crippen LogP contribution in [-0.4, -0.2) is 105 Å². The second-order valence-electron chi connectivity index (χ2n) is 8.97. The Morgan fingerprint density at radius 1 is 1.07 bits per heavy atom. The lowest BCUT2D eigenvalue weighted by Crippen LogP contribution is -2.57. The molecule has 0 radical (unpaired) electrons. The van der Waals surface area contributed by atoms with Crippen molar-refractivity contribution in [3.05, 3.63) is 0 Å². The van der Waals surface area contributed by atoms with Gasteiger partial charge in [-0.3, -0.25) is 14.7 Å². The molecule has 1 N–H and O–H groups in total. The molecule has 0 aromatic rings. The molecule has 3 aliphatic rings. The molecule has 3 rings (SSSR count). The summed E-state index contributed by atoms with van der Waals surface area (Å²) in [5, 5.41) is 3.36. The van der Waals surface area contributed by atoms with Crippen LogP contribution < -0.4 is 5.32 Å². The molecule has 1 aliphatic carbocycles. The van der Waals surface area contributed by atoms with Crippen LogP contribution in [0.15, 0.2) is 4.99 Å². The molecule has 1 unspecified atom stereocenters. The zero-order valence-corrected chi connectivity index (χ0v) is 19.0. The third-order valence-corrected chi connectivity index (χ3v) is 7.50. The third-order valence-electron chi connectivity index (χ3n) is 6.36. The van der Waals surface area contributed by atoms with Crippen LogP contribution in [0, 0.1) is 5.41 Å². The second-order valence-corrected chi connectivity index (χ2v) is 11.1. The van der Waals surface area contributed by atoms with Crippen molar-refractivity contribution in [2.45, 2.75) is 45.6 Å². The van der Waals surface area contributed by atoms with E-state index >= 15 is 0 Å². The number of amides is 1. The van der Waals surface area contributed by atoms with Gasteiger partial charge in [0.25, 0.3) is 0 Å². The summed E-state index contributed by atoms with van der Waals surface area (Å²) in [6.07, 6.45) is 5.43. The first-order chi connectivity index (χ1) is 13.7. The van der Waals surface area contributed by atoms with E-state index in [0.717, 1.165) is 77.5 Å². The van der Waals surface area contributed by atoms with Gasteiger partial charge in [0.05, 0.1) is 11.8 Å². The van der Waals surface area contributed by atoms with Crippen molar-refractivity contribution in [2.75, 3.05) is 64.4 Å². The predicted molar refractivity (Wildman–Crippen MR) is 116 cm³/mol. The second kappa shape index (κ2) is 9.20. The molecule has 2 saturated heterocycles. The van der Waals surface area contributed by atoms with Gasteiger partial charge in [0.1, 0.15) is 9.84 Å². The number of rotatable bonds is 7. The molecule has 0 aromatic heterocycles.